The van der Waals surface area contributed by atoms with Crippen LogP contribution in [0.15, 0.2) is 29.2 Å². The molecule has 0 saturated heterocycles. The smallest absolute Gasteiger partial charge is 0.254 e. The third-order valence-electron chi connectivity index (χ3n) is 4.96. The second kappa shape index (κ2) is 8.41. The predicted octanol–water partition coefficient (Wildman–Crippen LogP) is 1.57. The van der Waals surface area contributed by atoms with Crippen molar-refractivity contribution in [3.63, 3.8) is 0 Å². The standard InChI is InChI=1S/C20H24N2O7S/c1-26-15-10-14-13(9-18(15)30(21,24)25)5-6-22(20(14)23)11-12-7-16(27-2)19(29-4)17(8-12)28-3/h7-10H,5-6,11H2,1-4H3,(H2,21,24,25). The fourth-order valence-corrected chi connectivity index (χ4v) is 4.24. The number of nitrogens with two attached hydrogens (primary N) is 1. The third kappa shape index (κ3) is 4.01. The normalized spacial score (nSPS) is 13.6. The lowest BCUT2D eigenvalue weighted by Crippen LogP contribution is -2.37. The number of benzene rings is 2. The Kier molecular flexibility index (Phi) is 6.09. The Morgan fingerprint density at radius 2 is 1.53 bits per heavy atom. The van der Waals surface area contributed by atoms with Crippen molar-refractivity contribution < 1.29 is 32.2 Å². The molecule has 0 spiro atoms. The maximum absolute atomic E-state index is 13.1. The van der Waals surface area contributed by atoms with E-state index in [-0.39, 0.29) is 16.6 Å². The summed E-state index contributed by atoms with van der Waals surface area (Å²) in [7, 11) is 1.94. The molecule has 0 unspecified atom stereocenters. The Morgan fingerprint density at radius 1 is 0.933 bits per heavy atom. The number of carbonyl (C=O) groups excluding carboxylic acids is 1. The van der Waals surface area contributed by atoms with Crippen LogP contribution in [0.4, 0.5) is 0 Å². The van der Waals surface area contributed by atoms with Crippen molar-refractivity contribution in [1.82, 2.24) is 4.90 Å². The largest absolute Gasteiger partial charge is 0.495 e. The zero-order valence-electron chi connectivity index (χ0n) is 17.2. The van der Waals surface area contributed by atoms with Crippen LogP contribution in [0.5, 0.6) is 23.0 Å². The van der Waals surface area contributed by atoms with Crippen LogP contribution in [0.3, 0.4) is 0 Å². The van der Waals surface area contributed by atoms with E-state index < -0.39 is 10.0 Å². The van der Waals surface area contributed by atoms with Gasteiger partial charge in [-0.25, -0.2) is 13.6 Å². The molecule has 2 N–H and O–H groups in total. The van der Waals surface area contributed by atoms with Crippen molar-refractivity contribution in [2.24, 2.45) is 5.14 Å². The molecule has 1 amide bonds. The maximum atomic E-state index is 13.1. The number of hydrogen-bond donors (Lipinski definition) is 1. The number of carbonyl (C=O) groups is 1. The zero-order chi connectivity index (χ0) is 22.1. The van der Waals surface area contributed by atoms with Gasteiger partial charge in [-0.1, -0.05) is 0 Å². The Bertz CT molecular complexity index is 1060. The third-order valence-corrected chi connectivity index (χ3v) is 5.89. The van der Waals surface area contributed by atoms with Crippen LogP contribution < -0.4 is 24.1 Å². The highest BCUT2D eigenvalue weighted by molar-refractivity contribution is 7.89. The summed E-state index contributed by atoms with van der Waals surface area (Å²) in [6.07, 6.45) is 0.484. The fourth-order valence-electron chi connectivity index (χ4n) is 3.52. The molecule has 0 aliphatic carbocycles. The number of methoxy groups -OCH3 is 4. The van der Waals surface area contributed by atoms with E-state index in [0.29, 0.717) is 47.9 Å². The molecular weight excluding hydrogens is 412 g/mol. The lowest BCUT2D eigenvalue weighted by molar-refractivity contribution is 0.0726. The SMILES string of the molecule is COc1cc2c(cc1S(N)(=O)=O)CCN(Cc1cc(OC)c(OC)c(OC)c1)C2=O. The second-order valence-electron chi connectivity index (χ2n) is 6.72. The highest BCUT2D eigenvalue weighted by Gasteiger charge is 2.29. The number of primary sulfonamides is 1. The molecule has 2 aromatic carbocycles. The van der Waals surface area contributed by atoms with Crippen LogP contribution in [-0.2, 0) is 23.0 Å². The second-order valence-corrected chi connectivity index (χ2v) is 8.25. The Labute approximate surface area is 175 Å². The quantitative estimate of drug-likeness (QED) is 0.700. The van der Waals surface area contributed by atoms with Gasteiger partial charge < -0.3 is 23.8 Å². The first-order valence-electron chi connectivity index (χ1n) is 9.05. The summed E-state index contributed by atoms with van der Waals surface area (Å²) in [5, 5.41) is 5.27. The van der Waals surface area contributed by atoms with Crippen LogP contribution in [0, 0.1) is 0 Å². The number of sulfonamides is 1. The topological polar surface area (TPSA) is 117 Å². The van der Waals surface area contributed by atoms with E-state index in [1.807, 2.05) is 0 Å². The number of amides is 1. The molecule has 0 saturated carbocycles. The minimum atomic E-state index is -3.97. The van der Waals surface area contributed by atoms with Gasteiger partial charge in [-0.3, -0.25) is 4.79 Å². The van der Waals surface area contributed by atoms with Gasteiger partial charge in [-0.05, 0) is 41.8 Å². The predicted molar refractivity (Wildman–Crippen MR) is 109 cm³/mol. The van der Waals surface area contributed by atoms with Gasteiger partial charge in [0.1, 0.15) is 10.6 Å². The van der Waals surface area contributed by atoms with Gasteiger partial charge in [0.05, 0.1) is 28.4 Å². The Balaban J connectivity index is 1.95. The van der Waals surface area contributed by atoms with Gasteiger partial charge in [0.25, 0.3) is 5.91 Å². The molecule has 30 heavy (non-hydrogen) atoms. The monoisotopic (exact) mass is 436 g/mol. The molecule has 0 fully saturated rings. The van der Waals surface area contributed by atoms with Crippen molar-refractivity contribution in [3.8, 4) is 23.0 Å². The van der Waals surface area contributed by atoms with Crippen LogP contribution in [0.2, 0.25) is 0 Å². The van der Waals surface area contributed by atoms with Gasteiger partial charge in [-0.15, -0.1) is 0 Å². The minimum absolute atomic E-state index is 0.0410. The molecule has 10 heteroatoms. The summed E-state index contributed by atoms with van der Waals surface area (Å²) in [5.74, 6) is 1.27. The zero-order valence-corrected chi connectivity index (χ0v) is 18.0. The van der Waals surface area contributed by atoms with Gasteiger partial charge in [-0.2, -0.15) is 0 Å². The van der Waals surface area contributed by atoms with Gasteiger partial charge in [0.15, 0.2) is 11.5 Å². The first-order valence-corrected chi connectivity index (χ1v) is 10.6. The van der Waals surface area contributed by atoms with Crippen LogP contribution in [0.1, 0.15) is 21.5 Å². The molecule has 3 rings (SSSR count). The summed E-state index contributed by atoms with van der Waals surface area (Å²) in [6, 6.07) is 6.42. The van der Waals surface area contributed by atoms with Crippen LogP contribution in [-0.4, -0.2) is 54.2 Å². The van der Waals surface area contributed by atoms with Crippen molar-refractivity contribution >= 4 is 15.9 Å². The van der Waals surface area contributed by atoms with Crippen LogP contribution in [0.25, 0.3) is 0 Å². The first kappa shape index (κ1) is 21.7. The number of fused-ring (bicyclic) bond motifs is 1. The molecule has 9 nitrogen and oxygen atoms in total. The lowest BCUT2D eigenvalue weighted by atomic mass is 9.98. The van der Waals surface area contributed by atoms with Crippen molar-refractivity contribution in [3.05, 3.63) is 41.0 Å². The van der Waals surface area contributed by atoms with Gasteiger partial charge in [0.2, 0.25) is 15.8 Å². The maximum Gasteiger partial charge on any atom is 0.254 e. The molecule has 1 aliphatic rings. The average Bonchev–Trinajstić information content (AvgIpc) is 2.73. The molecule has 162 valence electrons. The van der Waals surface area contributed by atoms with Gasteiger partial charge in [0, 0.05) is 18.7 Å². The Morgan fingerprint density at radius 3 is 2.03 bits per heavy atom. The molecular formula is C20H24N2O7S. The number of hydrogen-bond acceptors (Lipinski definition) is 7. The van der Waals surface area contributed by atoms with E-state index in [1.54, 1.807) is 17.0 Å². The fraction of sp³-hybridized carbons (Fsp3) is 0.350. The Hall–Kier alpha value is -2.98. The molecule has 2 aromatic rings. The van der Waals surface area contributed by atoms with Crippen molar-refractivity contribution in [2.45, 2.75) is 17.9 Å². The van der Waals surface area contributed by atoms with E-state index in [1.165, 1.54) is 40.6 Å². The summed E-state index contributed by atoms with van der Waals surface area (Å²) in [4.78, 5) is 14.6. The van der Waals surface area contributed by atoms with E-state index >= 15 is 0 Å². The summed E-state index contributed by atoms with van der Waals surface area (Å²) < 4.78 is 44.9. The first-order chi connectivity index (χ1) is 14.2. The molecule has 1 aliphatic heterocycles. The molecule has 0 radical (unpaired) electrons. The summed E-state index contributed by atoms with van der Waals surface area (Å²) in [5.41, 5.74) is 1.80. The van der Waals surface area contributed by atoms with E-state index in [0.717, 1.165) is 5.56 Å². The molecule has 0 bridgehead atoms. The summed E-state index contributed by atoms with van der Waals surface area (Å²) >= 11 is 0. The molecule has 0 aromatic heterocycles. The number of ether oxygens (including phenoxy) is 4. The highest BCUT2D eigenvalue weighted by atomic mass is 32.2. The van der Waals surface area contributed by atoms with E-state index in [2.05, 4.69) is 0 Å². The van der Waals surface area contributed by atoms with Crippen LogP contribution >= 0.6 is 0 Å². The van der Waals surface area contributed by atoms with Crippen molar-refractivity contribution in [2.75, 3.05) is 35.0 Å². The molecule has 0 atom stereocenters. The number of nitrogens with zero attached hydrogens (tertiary/aromatic N) is 1. The van der Waals surface area contributed by atoms with Crippen molar-refractivity contribution in [1.29, 1.82) is 0 Å². The summed E-state index contributed by atoms with van der Waals surface area (Å²) in [6.45, 7) is 0.729. The average molecular weight is 436 g/mol. The number of rotatable bonds is 7. The lowest BCUT2D eigenvalue weighted by Gasteiger charge is -2.29. The van der Waals surface area contributed by atoms with Gasteiger partial charge >= 0.3 is 0 Å². The van der Waals surface area contributed by atoms with E-state index in [9.17, 15) is 13.2 Å². The molecule has 1 heterocycles. The minimum Gasteiger partial charge on any atom is -0.495 e. The van der Waals surface area contributed by atoms with E-state index in [4.69, 9.17) is 24.1 Å². The highest BCUT2D eigenvalue weighted by Crippen LogP contribution is 2.39.